The number of anilines is 1. The number of thiazole rings is 1. The van der Waals surface area contributed by atoms with Crippen molar-refractivity contribution in [1.29, 1.82) is 0 Å². The minimum absolute atomic E-state index is 0.249. The second-order valence-electron chi connectivity index (χ2n) is 9.25. The quantitative estimate of drug-likeness (QED) is 0.270. The van der Waals surface area contributed by atoms with Gasteiger partial charge in [-0.25, -0.2) is 4.99 Å². The molecule has 0 saturated carbocycles. The normalized spacial score (nSPS) is 14.9. The molecule has 0 spiro atoms. The van der Waals surface area contributed by atoms with Crippen molar-refractivity contribution in [3.8, 4) is 5.75 Å². The second kappa shape index (κ2) is 11.5. The Morgan fingerprint density at radius 2 is 1.71 bits per heavy atom. The van der Waals surface area contributed by atoms with Crippen LogP contribution < -0.4 is 24.9 Å². The summed E-state index contributed by atoms with van der Waals surface area (Å²) in [6.07, 6.45) is 1.73. The zero-order chi connectivity index (χ0) is 28.3. The minimum Gasteiger partial charge on any atom is -0.497 e. The van der Waals surface area contributed by atoms with E-state index in [0.29, 0.717) is 37.8 Å². The Hall–Kier alpha value is -4.60. The standard InChI is InChI=1S/C32H25N3O4S2/c1-20-28(30(36)34-22-9-5-3-6-10-22)29(21-13-15-23(38-2)16-14-21)35-31(37)26(41-32(35)33-20)19-24-17-18-27(39-24)40-25-11-7-4-8-12-25/h3-19,29H,1-2H3,(H,34,36)/b26-19+/t29-/m0/s1. The van der Waals surface area contributed by atoms with Crippen molar-refractivity contribution in [1.82, 2.24) is 4.57 Å². The first kappa shape index (κ1) is 26.6. The van der Waals surface area contributed by atoms with E-state index in [-0.39, 0.29) is 11.5 Å². The molecule has 1 aliphatic rings. The number of nitrogens with zero attached hydrogens (tertiary/aromatic N) is 2. The Bertz CT molecular complexity index is 1920. The van der Waals surface area contributed by atoms with E-state index in [4.69, 9.17) is 14.1 Å². The third kappa shape index (κ3) is 5.54. The van der Waals surface area contributed by atoms with E-state index in [9.17, 15) is 9.59 Å². The summed E-state index contributed by atoms with van der Waals surface area (Å²) >= 11 is 2.78. The van der Waals surface area contributed by atoms with Crippen LogP contribution in [-0.2, 0) is 4.79 Å². The first-order chi connectivity index (χ1) is 20.0. The number of para-hydroxylation sites is 1. The molecule has 1 atom stereocenters. The summed E-state index contributed by atoms with van der Waals surface area (Å²) < 4.78 is 13.4. The molecular weight excluding hydrogens is 555 g/mol. The highest BCUT2D eigenvalue weighted by Gasteiger charge is 2.32. The van der Waals surface area contributed by atoms with E-state index in [1.165, 1.54) is 23.1 Å². The molecule has 5 aromatic rings. The lowest BCUT2D eigenvalue weighted by atomic mass is 9.95. The first-order valence-corrected chi connectivity index (χ1v) is 14.5. The van der Waals surface area contributed by atoms with Gasteiger partial charge in [0.05, 0.1) is 29.0 Å². The molecule has 3 aromatic carbocycles. The summed E-state index contributed by atoms with van der Waals surface area (Å²) in [4.78, 5) is 33.9. The average Bonchev–Trinajstić information content (AvgIpc) is 3.56. The zero-order valence-electron chi connectivity index (χ0n) is 22.2. The van der Waals surface area contributed by atoms with Crippen LogP contribution in [0, 0.1) is 0 Å². The lowest BCUT2D eigenvalue weighted by Crippen LogP contribution is -2.40. The monoisotopic (exact) mass is 579 g/mol. The maximum Gasteiger partial charge on any atom is 0.271 e. The van der Waals surface area contributed by atoms with E-state index in [1.54, 1.807) is 24.7 Å². The maximum atomic E-state index is 13.9. The average molecular weight is 580 g/mol. The predicted molar refractivity (Wildman–Crippen MR) is 161 cm³/mol. The molecular formula is C32H25N3O4S2. The van der Waals surface area contributed by atoms with Gasteiger partial charge in [0.15, 0.2) is 9.89 Å². The number of aromatic nitrogens is 1. The molecule has 0 saturated heterocycles. The molecule has 6 rings (SSSR count). The van der Waals surface area contributed by atoms with Crippen molar-refractivity contribution in [2.75, 3.05) is 12.4 Å². The molecule has 2 aromatic heterocycles. The number of hydrogen-bond acceptors (Lipinski definition) is 7. The third-order valence-electron chi connectivity index (χ3n) is 6.57. The molecule has 1 aliphatic heterocycles. The van der Waals surface area contributed by atoms with Gasteiger partial charge >= 0.3 is 0 Å². The van der Waals surface area contributed by atoms with Gasteiger partial charge in [-0.1, -0.05) is 71.6 Å². The van der Waals surface area contributed by atoms with Crippen LogP contribution in [-0.4, -0.2) is 17.6 Å². The van der Waals surface area contributed by atoms with Crippen molar-refractivity contribution < 1.29 is 13.9 Å². The summed E-state index contributed by atoms with van der Waals surface area (Å²) in [6.45, 7) is 1.80. The largest absolute Gasteiger partial charge is 0.497 e. The molecule has 41 heavy (non-hydrogen) atoms. The molecule has 0 radical (unpaired) electrons. The molecule has 1 amide bonds. The fourth-order valence-electron chi connectivity index (χ4n) is 4.63. The number of furan rings is 1. The lowest BCUT2D eigenvalue weighted by molar-refractivity contribution is -0.113. The van der Waals surface area contributed by atoms with Crippen LogP contribution in [0.2, 0.25) is 0 Å². The number of rotatable bonds is 7. The predicted octanol–water partition coefficient (Wildman–Crippen LogP) is 5.63. The molecule has 0 fully saturated rings. The van der Waals surface area contributed by atoms with Gasteiger partial charge < -0.3 is 14.5 Å². The van der Waals surface area contributed by atoms with Crippen molar-refractivity contribution >= 4 is 40.8 Å². The highest BCUT2D eigenvalue weighted by Crippen LogP contribution is 2.32. The topological polar surface area (TPSA) is 85.8 Å². The van der Waals surface area contributed by atoms with Gasteiger partial charge in [-0.2, -0.15) is 0 Å². The van der Waals surface area contributed by atoms with Gasteiger partial charge in [-0.15, -0.1) is 0 Å². The minimum atomic E-state index is -0.677. The summed E-state index contributed by atoms with van der Waals surface area (Å²) in [7, 11) is 1.60. The fraction of sp³-hybridized carbons (Fsp3) is 0.0938. The molecule has 204 valence electrons. The maximum absolute atomic E-state index is 13.9. The summed E-state index contributed by atoms with van der Waals surface area (Å²) in [6, 6.07) is 29.6. The molecule has 0 unspecified atom stereocenters. The number of benzene rings is 3. The molecule has 3 heterocycles. The van der Waals surface area contributed by atoms with Crippen LogP contribution in [0.15, 0.2) is 133 Å². The van der Waals surface area contributed by atoms with Crippen LogP contribution in [0.4, 0.5) is 5.69 Å². The number of fused-ring (bicyclic) bond motifs is 1. The highest BCUT2D eigenvalue weighted by molar-refractivity contribution is 7.99. The number of amides is 1. The molecule has 0 aliphatic carbocycles. The molecule has 1 N–H and O–H groups in total. The van der Waals surface area contributed by atoms with E-state index in [2.05, 4.69) is 5.32 Å². The smallest absolute Gasteiger partial charge is 0.271 e. The molecule has 9 heteroatoms. The van der Waals surface area contributed by atoms with E-state index in [0.717, 1.165) is 15.6 Å². The van der Waals surface area contributed by atoms with Gasteiger partial charge in [-0.05, 0) is 61.0 Å². The Labute approximate surface area is 244 Å². The number of nitrogens with one attached hydrogen (secondary N) is 1. The third-order valence-corrected chi connectivity index (χ3v) is 8.48. The van der Waals surface area contributed by atoms with Gasteiger partial charge in [0.1, 0.15) is 11.5 Å². The van der Waals surface area contributed by atoms with Crippen molar-refractivity contribution in [2.24, 2.45) is 4.99 Å². The van der Waals surface area contributed by atoms with Gasteiger partial charge in [-0.3, -0.25) is 14.2 Å². The van der Waals surface area contributed by atoms with Crippen LogP contribution in [0.25, 0.3) is 6.08 Å². The number of carbonyl (C=O) groups excluding carboxylic acids is 1. The highest BCUT2D eigenvalue weighted by atomic mass is 32.2. The summed E-state index contributed by atoms with van der Waals surface area (Å²) in [5.41, 5.74) is 2.13. The van der Waals surface area contributed by atoms with Gasteiger partial charge in [0, 0.05) is 16.7 Å². The Morgan fingerprint density at radius 3 is 2.41 bits per heavy atom. The fourth-order valence-corrected chi connectivity index (χ4v) is 6.46. The van der Waals surface area contributed by atoms with Crippen molar-refractivity contribution in [3.05, 3.63) is 139 Å². The van der Waals surface area contributed by atoms with Crippen LogP contribution in [0.5, 0.6) is 5.75 Å². The Balaban J connectivity index is 1.42. The van der Waals surface area contributed by atoms with E-state index >= 15 is 0 Å². The lowest BCUT2D eigenvalue weighted by Gasteiger charge is -2.25. The Kier molecular flexibility index (Phi) is 7.45. The van der Waals surface area contributed by atoms with Crippen LogP contribution in [0.1, 0.15) is 24.3 Å². The number of carbonyl (C=O) groups is 1. The molecule has 0 bridgehead atoms. The van der Waals surface area contributed by atoms with Crippen LogP contribution in [0.3, 0.4) is 0 Å². The second-order valence-corrected chi connectivity index (χ2v) is 11.3. The number of hydrogen-bond donors (Lipinski definition) is 1. The molecule has 7 nitrogen and oxygen atoms in total. The number of ether oxygens (including phenoxy) is 1. The summed E-state index contributed by atoms with van der Waals surface area (Å²) in [5, 5.41) is 3.69. The van der Waals surface area contributed by atoms with Crippen molar-refractivity contribution in [2.45, 2.75) is 23.0 Å². The zero-order valence-corrected chi connectivity index (χ0v) is 23.9. The first-order valence-electron chi connectivity index (χ1n) is 12.9. The van der Waals surface area contributed by atoms with E-state index in [1.807, 2.05) is 97.1 Å². The van der Waals surface area contributed by atoms with E-state index < -0.39 is 6.04 Å². The van der Waals surface area contributed by atoms with Crippen LogP contribution >= 0.6 is 23.1 Å². The van der Waals surface area contributed by atoms with Crippen molar-refractivity contribution in [3.63, 3.8) is 0 Å². The van der Waals surface area contributed by atoms with Gasteiger partial charge in [0.25, 0.3) is 11.5 Å². The number of methoxy groups -OCH3 is 1. The Morgan fingerprint density at radius 1 is 1.00 bits per heavy atom. The number of allylic oxidation sites excluding steroid dienone is 1. The van der Waals surface area contributed by atoms with Gasteiger partial charge in [0.2, 0.25) is 0 Å². The SMILES string of the molecule is COc1ccc([C@H]2C(C(=O)Nc3ccccc3)=C(C)N=c3s/c(=C/c4ccc(Sc5ccccc5)o4)c(=O)n32)cc1. The summed E-state index contributed by atoms with van der Waals surface area (Å²) in [5.74, 6) is 0.924.